The number of anilines is 1. The molecule has 0 saturated heterocycles. The van der Waals surface area contributed by atoms with Crippen LogP contribution in [0.15, 0.2) is 22.9 Å². The van der Waals surface area contributed by atoms with Crippen LogP contribution in [0, 0.1) is 0 Å². The molecular weight excluding hydrogens is 324 g/mol. The Kier molecular flexibility index (Phi) is 3.45. The minimum atomic E-state index is -0.145. The molecule has 1 aromatic heterocycles. The first-order valence-electron chi connectivity index (χ1n) is 6.13. The first-order chi connectivity index (χ1) is 9.67. The van der Waals surface area contributed by atoms with Gasteiger partial charge in [0, 0.05) is 12.1 Å². The molecule has 0 atom stereocenters. The first kappa shape index (κ1) is 13.1. The van der Waals surface area contributed by atoms with Gasteiger partial charge in [-0.2, -0.15) is 0 Å². The number of halogens is 1. The van der Waals surface area contributed by atoms with Crippen molar-refractivity contribution in [2.45, 2.75) is 6.54 Å². The number of amides is 1. The van der Waals surface area contributed by atoms with Gasteiger partial charge in [-0.3, -0.25) is 4.79 Å². The number of aromatic amines is 1. The Labute approximate surface area is 124 Å². The summed E-state index contributed by atoms with van der Waals surface area (Å²) in [7, 11) is 1.87. The molecule has 0 unspecified atom stereocenters. The zero-order valence-electron chi connectivity index (χ0n) is 10.8. The second kappa shape index (κ2) is 5.26. The number of nitrogens with one attached hydrogen (secondary N) is 3. The van der Waals surface area contributed by atoms with Crippen molar-refractivity contribution in [1.29, 1.82) is 0 Å². The maximum Gasteiger partial charge on any atom is 0.262 e. The van der Waals surface area contributed by atoms with Crippen molar-refractivity contribution in [3.8, 4) is 17.0 Å². The molecule has 20 heavy (non-hydrogen) atoms. The topological polar surface area (TPSA) is 79.0 Å². The predicted octanol–water partition coefficient (Wildman–Crippen LogP) is 1.89. The monoisotopic (exact) mass is 336 g/mol. The Hall–Kier alpha value is -1.86. The van der Waals surface area contributed by atoms with Crippen molar-refractivity contribution in [3.63, 3.8) is 0 Å². The van der Waals surface area contributed by atoms with Crippen LogP contribution in [0.4, 0.5) is 5.69 Å². The van der Waals surface area contributed by atoms with E-state index < -0.39 is 0 Å². The highest BCUT2D eigenvalue weighted by molar-refractivity contribution is 9.10. The van der Waals surface area contributed by atoms with Gasteiger partial charge >= 0.3 is 0 Å². The summed E-state index contributed by atoms with van der Waals surface area (Å²) >= 11 is 3.35. The summed E-state index contributed by atoms with van der Waals surface area (Å²) in [4.78, 5) is 19.0. The number of aromatic nitrogens is 2. The van der Waals surface area contributed by atoms with Crippen molar-refractivity contribution in [2.75, 3.05) is 19.0 Å². The van der Waals surface area contributed by atoms with Crippen LogP contribution >= 0.6 is 15.9 Å². The van der Waals surface area contributed by atoms with Crippen LogP contribution in [0.3, 0.4) is 0 Å². The molecule has 0 fully saturated rings. The van der Waals surface area contributed by atoms with Gasteiger partial charge in [0.25, 0.3) is 5.91 Å². The van der Waals surface area contributed by atoms with E-state index in [0.29, 0.717) is 22.7 Å². The van der Waals surface area contributed by atoms with E-state index in [1.165, 1.54) is 0 Å². The number of imidazole rings is 1. The lowest BCUT2D eigenvalue weighted by molar-refractivity contribution is -0.118. The van der Waals surface area contributed by atoms with Crippen molar-refractivity contribution >= 4 is 27.5 Å². The summed E-state index contributed by atoms with van der Waals surface area (Å²) < 4.78 is 6.02. The van der Waals surface area contributed by atoms with Crippen LogP contribution in [-0.4, -0.2) is 29.5 Å². The second-order valence-electron chi connectivity index (χ2n) is 4.43. The second-order valence-corrected chi connectivity index (χ2v) is 5.18. The quantitative estimate of drug-likeness (QED) is 0.799. The molecule has 0 bridgehead atoms. The van der Waals surface area contributed by atoms with Gasteiger partial charge in [0.05, 0.1) is 17.1 Å². The van der Waals surface area contributed by atoms with E-state index in [-0.39, 0.29) is 12.5 Å². The van der Waals surface area contributed by atoms with E-state index >= 15 is 0 Å². The Morgan fingerprint density at radius 3 is 3.15 bits per heavy atom. The predicted molar refractivity (Wildman–Crippen MR) is 78.6 cm³/mol. The SMILES string of the molecule is CNCc1[nH]c(Br)nc1-c1ccc2c(c1)NC(=O)CO2. The maximum absolute atomic E-state index is 11.4. The molecule has 0 saturated carbocycles. The summed E-state index contributed by atoms with van der Waals surface area (Å²) in [6, 6.07) is 5.64. The number of H-pyrrole nitrogens is 1. The fraction of sp³-hybridized carbons (Fsp3) is 0.231. The van der Waals surface area contributed by atoms with E-state index in [2.05, 4.69) is 36.5 Å². The molecule has 1 aliphatic heterocycles. The lowest BCUT2D eigenvalue weighted by atomic mass is 10.1. The van der Waals surface area contributed by atoms with E-state index in [1.807, 2.05) is 25.2 Å². The number of nitrogens with zero attached hydrogens (tertiary/aromatic N) is 1. The molecular formula is C13H13BrN4O2. The number of rotatable bonds is 3. The third kappa shape index (κ3) is 2.41. The number of carbonyl (C=O) groups is 1. The molecule has 0 spiro atoms. The number of benzene rings is 1. The van der Waals surface area contributed by atoms with Crippen LogP contribution < -0.4 is 15.4 Å². The first-order valence-corrected chi connectivity index (χ1v) is 6.92. The van der Waals surface area contributed by atoms with Crippen LogP contribution in [0.2, 0.25) is 0 Å². The van der Waals surface area contributed by atoms with Gasteiger partial charge in [-0.1, -0.05) is 0 Å². The average Bonchev–Trinajstić information content (AvgIpc) is 2.79. The molecule has 7 heteroatoms. The Balaban J connectivity index is 2.02. The lowest BCUT2D eigenvalue weighted by Gasteiger charge is -2.18. The van der Waals surface area contributed by atoms with E-state index in [1.54, 1.807) is 0 Å². The molecule has 3 N–H and O–H groups in total. The van der Waals surface area contributed by atoms with Crippen molar-refractivity contribution in [2.24, 2.45) is 0 Å². The number of fused-ring (bicyclic) bond motifs is 1. The van der Waals surface area contributed by atoms with Crippen molar-refractivity contribution in [3.05, 3.63) is 28.6 Å². The van der Waals surface area contributed by atoms with Gasteiger partial charge in [0.15, 0.2) is 11.3 Å². The molecule has 2 aromatic rings. The van der Waals surface area contributed by atoms with Crippen LogP contribution in [0.25, 0.3) is 11.3 Å². The lowest BCUT2D eigenvalue weighted by Crippen LogP contribution is -2.25. The number of hydrogen-bond donors (Lipinski definition) is 3. The van der Waals surface area contributed by atoms with Crippen LogP contribution in [0.5, 0.6) is 5.75 Å². The van der Waals surface area contributed by atoms with Gasteiger partial charge in [0.1, 0.15) is 5.75 Å². The van der Waals surface area contributed by atoms with Gasteiger partial charge in [-0.05, 0) is 41.2 Å². The van der Waals surface area contributed by atoms with Gasteiger partial charge in [-0.15, -0.1) is 0 Å². The largest absolute Gasteiger partial charge is 0.482 e. The Bertz CT molecular complexity index is 668. The summed E-state index contributed by atoms with van der Waals surface area (Å²) in [5, 5.41) is 5.89. The van der Waals surface area contributed by atoms with Gasteiger partial charge in [0.2, 0.25) is 0 Å². The number of hydrogen-bond acceptors (Lipinski definition) is 4. The molecule has 6 nitrogen and oxygen atoms in total. The molecule has 0 aliphatic carbocycles. The fourth-order valence-corrected chi connectivity index (χ4v) is 2.57. The Morgan fingerprint density at radius 1 is 1.50 bits per heavy atom. The van der Waals surface area contributed by atoms with E-state index in [4.69, 9.17) is 4.74 Å². The number of carbonyl (C=O) groups excluding carboxylic acids is 1. The fourth-order valence-electron chi connectivity index (χ4n) is 2.15. The molecule has 1 amide bonds. The Morgan fingerprint density at radius 2 is 2.35 bits per heavy atom. The van der Waals surface area contributed by atoms with Crippen molar-refractivity contribution in [1.82, 2.24) is 15.3 Å². The van der Waals surface area contributed by atoms with Crippen LogP contribution in [-0.2, 0) is 11.3 Å². The van der Waals surface area contributed by atoms with E-state index in [9.17, 15) is 4.79 Å². The highest BCUT2D eigenvalue weighted by Gasteiger charge is 2.18. The minimum Gasteiger partial charge on any atom is -0.482 e. The summed E-state index contributed by atoms with van der Waals surface area (Å²) in [6.07, 6.45) is 0. The van der Waals surface area contributed by atoms with Gasteiger partial charge < -0.3 is 20.4 Å². The smallest absolute Gasteiger partial charge is 0.262 e. The molecule has 2 heterocycles. The third-order valence-corrected chi connectivity index (χ3v) is 3.36. The highest BCUT2D eigenvalue weighted by atomic mass is 79.9. The maximum atomic E-state index is 11.4. The zero-order valence-corrected chi connectivity index (χ0v) is 12.4. The molecule has 1 aromatic carbocycles. The standard InChI is InChI=1S/C13H13BrN4O2/c1-15-5-9-12(18-13(14)17-9)7-2-3-10-8(4-7)16-11(19)6-20-10/h2-4,15H,5-6H2,1H3,(H,16,19)(H,17,18). The van der Waals surface area contributed by atoms with Gasteiger partial charge in [-0.25, -0.2) is 4.98 Å². The molecule has 3 rings (SSSR count). The van der Waals surface area contributed by atoms with Crippen LogP contribution in [0.1, 0.15) is 5.69 Å². The average molecular weight is 337 g/mol. The van der Waals surface area contributed by atoms with E-state index in [0.717, 1.165) is 17.0 Å². The molecule has 104 valence electrons. The summed E-state index contributed by atoms with van der Waals surface area (Å²) in [5.74, 6) is 0.534. The minimum absolute atomic E-state index is 0.0608. The summed E-state index contributed by atoms with van der Waals surface area (Å²) in [5.41, 5.74) is 3.41. The van der Waals surface area contributed by atoms with Crippen molar-refractivity contribution < 1.29 is 9.53 Å². The molecule has 0 radical (unpaired) electrons. The molecule has 1 aliphatic rings. The third-order valence-electron chi connectivity index (χ3n) is 2.99. The normalized spacial score (nSPS) is 13.6. The zero-order chi connectivity index (χ0) is 14.1. The summed E-state index contributed by atoms with van der Waals surface area (Å²) in [6.45, 7) is 0.735. The highest BCUT2D eigenvalue weighted by Crippen LogP contribution is 2.33. The number of ether oxygens (including phenoxy) is 1.